The number of hydrogen-bond donors (Lipinski definition) is 2. The van der Waals surface area contributed by atoms with E-state index in [0.29, 0.717) is 5.69 Å². The highest BCUT2D eigenvalue weighted by molar-refractivity contribution is 7.93. The van der Waals surface area contributed by atoms with Crippen LogP contribution in [0.4, 0.5) is 5.69 Å². The van der Waals surface area contributed by atoms with Gasteiger partial charge in [-0.15, -0.1) is 0 Å². The first kappa shape index (κ1) is 12.1. The van der Waals surface area contributed by atoms with E-state index in [9.17, 15) is 13.2 Å². The Kier molecular flexibility index (Phi) is 2.92. The van der Waals surface area contributed by atoms with Gasteiger partial charge in [0.2, 0.25) is 5.91 Å². The van der Waals surface area contributed by atoms with Crippen molar-refractivity contribution in [2.45, 2.75) is 17.1 Å². The predicted molar refractivity (Wildman–Crippen MR) is 64.7 cm³/mol. The molecular weight excluding hydrogens is 240 g/mol. The van der Waals surface area contributed by atoms with Gasteiger partial charge < -0.3 is 10.6 Å². The average Bonchev–Trinajstić information content (AvgIpc) is 2.26. The molecule has 0 saturated heterocycles. The van der Waals surface area contributed by atoms with Gasteiger partial charge in [0.25, 0.3) is 0 Å². The third-order valence-electron chi connectivity index (χ3n) is 2.85. The van der Waals surface area contributed by atoms with E-state index < -0.39 is 21.0 Å². The highest BCUT2D eigenvalue weighted by Crippen LogP contribution is 2.32. The van der Waals surface area contributed by atoms with Crippen LogP contribution in [0.1, 0.15) is 5.56 Å². The number of carbonyl (C=O) groups excluding carboxylic acids is 1. The Labute approximate surface area is 100 Å². The highest BCUT2D eigenvalue weighted by Gasteiger charge is 2.39. The lowest BCUT2D eigenvalue weighted by Crippen LogP contribution is -2.45. The van der Waals surface area contributed by atoms with Crippen LogP contribution in [-0.2, 0) is 14.6 Å². The van der Waals surface area contributed by atoms with Crippen molar-refractivity contribution in [2.75, 3.05) is 18.9 Å². The van der Waals surface area contributed by atoms with Crippen LogP contribution in [0.3, 0.4) is 0 Å². The second-order valence-corrected chi connectivity index (χ2v) is 6.13. The van der Waals surface area contributed by atoms with Crippen LogP contribution < -0.4 is 10.6 Å². The smallest absolute Gasteiger partial charge is 0.244 e. The van der Waals surface area contributed by atoms with E-state index >= 15 is 0 Å². The number of anilines is 1. The molecule has 1 aliphatic rings. The van der Waals surface area contributed by atoms with Crippen molar-refractivity contribution in [1.82, 2.24) is 5.32 Å². The zero-order valence-electron chi connectivity index (χ0n) is 9.65. The van der Waals surface area contributed by atoms with Gasteiger partial charge in [0.05, 0.1) is 10.6 Å². The van der Waals surface area contributed by atoms with Crippen molar-refractivity contribution < 1.29 is 13.2 Å². The summed E-state index contributed by atoms with van der Waals surface area (Å²) < 4.78 is 24.5. The van der Waals surface area contributed by atoms with E-state index in [0.717, 1.165) is 5.56 Å². The van der Waals surface area contributed by atoms with Crippen LogP contribution in [0.2, 0.25) is 0 Å². The minimum atomic E-state index is -3.59. The molecular formula is C11H14N2O3S. The van der Waals surface area contributed by atoms with Gasteiger partial charge in [0.1, 0.15) is 0 Å². The fraction of sp³-hybridized carbons (Fsp3) is 0.364. The molecule has 6 heteroatoms. The monoisotopic (exact) mass is 254 g/mol. The standard InChI is InChI=1S/C11H14N2O3S/c1-7-4-3-5-8-10(7)13-11(14)9(6-12-2)17(8,15)16/h3-5,9,12H,6H2,1-2H3,(H,13,14). The fourth-order valence-corrected chi connectivity index (χ4v) is 3.72. The number of aryl methyl sites for hydroxylation is 1. The van der Waals surface area contributed by atoms with Crippen molar-refractivity contribution in [1.29, 1.82) is 0 Å². The average molecular weight is 254 g/mol. The van der Waals surface area contributed by atoms with Crippen molar-refractivity contribution in [3.8, 4) is 0 Å². The highest BCUT2D eigenvalue weighted by atomic mass is 32.2. The van der Waals surface area contributed by atoms with Crippen LogP contribution in [-0.4, -0.2) is 33.2 Å². The molecule has 0 spiro atoms. The van der Waals surface area contributed by atoms with Crippen molar-refractivity contribution in [2.24, 2.45) is 0 Å². The molecule has 2 N–H and O–H groups in total. The molecule has 0 bridgehead atoms. The minimum Gasteiger partial charge on any atom is -0.324 e. The van der Waals surface area contributed by atoms with Crippen LogP contribution in [0.25, 0.3) is 0 Å². The van der Waals surface area contributed by atoms with Gasteiger partial charge in [-0.05, 0) is 25.6 Å². The third kappa shape index (κ3) is 1.83. The largest absolute Gasteiger partial charge is 0.324 e. The maximum absolute atomic E-state index is 12.3. The van der Waals surface area contributed by atoms with Crippen molar-refractivity contribution in [3.63, 3.8) is 0 Å². The molecule has 5 nitrogen and oxygen atoms in total. The number of hydrogen-bond acceptors (Lipinski definition) is 4. The van der Waals surface area contributed by atoms with Crippen molar-refractivity contribution >= 4 is 21.4 Å². The van der Waals surface area contributed by atoms with Gasteiger partial charge in [0.15, 0.2) is 15.1 Å². The van der Waals surface area contributed by atoms with Crippen molar-refractivity contribution in [3.05, 3.63) is 23.8 Å². The first-order chi connectivity index (χ1) is 7.98. The van der Waals surface area contributed by atoms with Gasteiger partial charge in [-0.25, -0.2) is 8.42 Å². The number of benzene rings is 1. The Balaban J connectivity index is 2.62. The number of carbonyl (C=O) groups is 1. The minimum absolute atomic E-state index is 0.113. The molecule has 1 amide bonds. The second kappa shape index (κ2) is 4.12. The molecule has 1 unspecified atom stereocenters. The summed E-state index contributed by atoms with van der Waals surface area (Å²) in [5.41, 5.74) is 1.16. The molecule has 1 atom stereocenters. The summed E-state index contributed by atoms with van der Waals surface area (Å²) in [6, 6.07) is 4.98. The Morgan fingerprint density at radius 3 is 2.76 bits per heavy atom. The molecule has 1 aliphatic heterocycles. The normalized spacial score (nSPS) is 21.8. The SMILES string of the molecule is CNCC1C(=O)Nc2c(C)cccc2S1(=O)=O. The molecule has 1 aromatic rings. The molecule has 0 fully saturated rings. The first-order valence-corrected chi connectivity index (χ1v) is 6.82. The van der Waals surface area contributed by atoms with Gasteiger partial charge in [-0.2, -0.15) is 0 Å². The maximum atomic E-state index is 12.3. The summed E-state index contributed by atoms with van der Waals surface area (Å²) in [4.78, 5) is 12.0. The zero-order valence-corrected chi connectivity index (χ0v) is 10.5. The Morgan fingerprint density at radius 2 is 2.12 bits per heavy atom. The van der Waals surface area contributed by atoms with Gasteiger partial charge >= 0.3 is 0 Å². The van der Waals surface area contributed by atoms with Gasteiger partial charge in [-0.3, -0.25) is 4.79 Å². The van der Waals surface area contributed by atoms with Crippen LogP contribution in [0.5, 0.6) is 0 Å². The molecule has 1 heterocycles. The number of amides is 1. The lowest BCUT2D eigenvalue weighted by molar-refractivity contribution is -0.115. The number of sulfone groups is 1. The fourth-order valence-electron chi connectivity index (χ4n) is 1.92. The van der Waals surface area contributed by atoms with E-state index in [1.54, 1.807) is 26.1 Å². The summed E-state index contributed by atoms with van der Waals surface area (Å²) >= 11 is 0. The number of nitrogens with one attached hydrogen (secondary N) is 2. The van der Waals surface area contributed by atoms with Crippen LogP contribution in [0, 0.1) is 6.92 Å². The summed E-state index contributed by atoms with van der Waals surface area (Å²) in [7, 11) is -1.97. The van der Waals surface area contributed by atoms with Gasteiger partial charge in [0, 0.05) is 6.54 Å². The third-order valence-corrected chi connectivity index (χ3v) is 4.93. The van der Waals surface area contributed by atoms with E-state index in [2.05, 4.69) is 10.6 Å². The Morgan fingerprint density at radius 1 is 1.41 bits per heavy atom. The van der Waals surface area contributed by atoms with E-state index in [-0.39, 0.29) is 11.4 Å². The summed E-state index contributed by atoms with van der Waals surface area (Å²) in [6.07, 6.45) is 0. The zero-order chi connectivity index (χ0) is 12.6. The van der Waals surface area contributed by atoms with Crippen LogP contribution in [0.15, 0.2) is 23.1 Å². The molecule has 0 saturated carbocycles. The van der Waals surface area contributed by atoms with Gasteiger partial charge in [-0.1, -0.05) is 12.1 Å². The predicted octanol–water partition coefficient (Wildman–Crippen LogP) is 0.309. The van der Waals surface area contributed by atoms with E-state index in [4.69, 9.17) is 0 Å². The summed E-state index contributed by atoms with van der Waals surface area (Å²) in [5, 5.41) is 4.34. The number of rotatable bonds is 2. The van der Waals surface area contributed by atoms with E-state index in [1.807, 2.05) is 0 Å². The molecule has 0 aliphatic carbocycles. The van der Waals surface area contributed by atoms with Crippen LogP contribution >= 0.6 is 0 Å². The maximum Gasteiger partial charge on any atom is 0.244 e. The van der Waals surface area contributed by atoms with E-state index in [1.165, 1.54) is 6.07 Å². The molecule has 2 rings (SSSR count). The Bertz CT molecular complexity index is 566. The topological polar surface area (TPSA) is 75.3 Å². The molecule has 17 heavy (non-hydrogen) atoms. The Hall–Kier alpha value is -1.40. The molecule has 92 valence electrons. The molecule has 0 aromatic heterocycles. The quantitative estimate of drug-likeness (QED) is 0.796. The molecule has 1 aromatic carbocycles. The second-order valence-electron chi connectivity index (χ2n) is 4.03. The number of fused-ring (bicyclic) bond motifs is 1. The number of para-hydroxylation sites is 1. The molecule has 0 radical (unpaired) electrons. The first-order valence-electron chi connectivity index (χ1n) is 5.27. The lowest BCUT2D eigenvalue weighted by atomic mass is 10.2. The summed E-state index contributed by atoms with van der Waals surface area (Å²) in [5.74, 6) is -0.471. The summed E-state index contributed by atoms with van der Waals surface area (Å²) in [6.45, 7) is 1.88. The lowest BCUT2D eigenvalue weighted by Gasteiger charge is -2.25.